The number of hydrogen-bond donors (Lipinski definition) is 1. The Hall–Kier alpha value is -4.97. The number of hydrogen-bond acceptors (Lipinski definition) is 9. The van der Waals surface area contributed by atoms with Crippen molar-refractivity contribution in [2.24, 2.45) is 4.99 Å². The molecule has 34 heavy (non-hydrogen) atoms. The van der Waals surface area contributed by atoms with Crippen LogP contribution in [0.2, 0.25) is 0 Å². The summed E-state index contributed by atoms with van der Waals surface area (Å²) >= 11 is 0. The number of fused-ring (bicyclic) bond motifs is 1. The summed E-state index contributed by atoms with van der Waals surface area (Å²) in [5, 5.41) is 20.6. The molecule has 4 heterocycles. The number of aryl methyl sites for hydroxylation is 1. The van der Waals surface area contributed by atoms with Gasteiger partial charge in [0.2, 0.25) is 5.88 Å². The number of rotatable bonds is 5. The first-order valence-corrected chi connectivity index (χ1v) is 10.0. The maximum Gasteiger partial charge on any atom is 0.238 e. The van der Waals surface area contributed by atoms with Gasteiger partial charge in [-0.3, -0.25) is 4.79 Å². The van der Waals surface area contributed by atoms with Gasteiger partial charge in [0, 0.05) is 18.3 Å². The van der Waals surface area contributed by atoms with Crippen LogP contribution in [0.4, 0.5) is 5.88 Å². The number of methoxy groups -OCH3 is 1. The number of furan rings is 3. The van der Waals surface area contributed by atoms with Gasteiger partial charge in [0.25, 0.3) is 0 Å². The summed E-state index contributed by atoms with van der Waals surface area (Å²) in [4.78, 5) is 16.9. The van der Waals surface area contributed by atoms with Crippen LogP contribution in [0.25, 0.3) is 33.8 Å². The van der Waals surface area contributed by atoms with Crippen LogP contribution in [-0.4, -0.2) is 18.4 Å². The van der Waals surface area contributed by atoms with E-state index in [-0.39, 0.29) is 50.7 Å². The largest absolute Gasteiger partial charge is 0.507 e. The number of ether oxygens (including phenoxy) is 1. The number of aliphatic imine (C=N–C) groups is 1. The fourth-order valence-electron chi connectivity index (χ4n) is 3.72. The first-order valence-electron chi connectivity index (χ1n) is 10.0. The molecule has 1 N–H and O–H groups in total. The molecule has 0 saturated carbocycles. The Bertz CT molecular complexity index is 1630. The fourth-order valence-corrected chi connectivity index (χ4v) is 3.72. The van der Waals surface area contributed by atoms with E-state index >= 15 is 0 Å². The van der Waals surface area contributed by atoms with E-state index < -0.39 is 0 Å². The van der Waals surface area contributed by atoms with Gasteiger partial charge in [-0.15, -0.1) is 0 Å². The predicted molar refractivity (Wildman–Crippen MR) is 122 cm³/mol. The van der Waals surface area contributed by atoms with E-state index in [4.69, 9.17) is 22.4 Å². The minimum atomic E-state index is -0.332. The number of phenolic OH excluding ortho intramolecular Hbond substituents is 1. The summed E-state index contributed by atoms with van der Waals surface area (Å²) in [5.74, 6) is 1.23. The average Bonchev–Trinajstić information content (AvgIpc) is 3.57. The van der Waals surface area contributed by atoms with Crippen molar-refractivity contribution in [1.82, 2.24) is 0 Å². The average molecular weight is 456 g/mol. The van der Waals surface area contributed by atoms with Crippen LogP contribution in [0.5, 0.6) is 11.5 Å². The molecule has 0 aliphatic rings. The highest BCUT2D eigenvalue weighted by atomic mass is 16.5. The number of phenols is 1. The molecular weight excluding hydrogens is 440 g/mol. The highest BCUT2D eigenvalue weighted by Crippen LogP contribution is 2.43. The second-order valence-electron chi connectivity index (χ2n) is 7.25. The Morgan fingerprint density at radius 3 is 2.50 bits per heavy atom. The van der Waals surface area contributed by atoms with E-state index in [9.17, 15) is 15.2 Å². The molecule has 0 atom stereocenters. The van der Waals surface area contributed by atoms with Crippen LogP contribution in [0.15, 0.2) is 76.4 Å². The van der Waals surface area contributed by atoms with E-state index in [1.165, 1.54) is 38.0 Å². The molecule has 1 aromatic carbocycles. The first kappa shape index (κ1) is 20.9. The van der Waals surface area contributed by atoms with Crippen LogP contribution < -0.4 is 10.2 Å². The van der Waals surface area contributed by atoms with Crippen molar-refractivity contribution in [3.63, 3.8) is 0 Å². The van der Waals surface area contributed by atoms with Crippen LogP contribution in [0.3, 0.4) is 0 Å². The van der Waals surface area contributed by atoms with E-state index in [0.717, 1.165) is 0 Å². The van der Waals surface area contributed by atoms with E-state index in [0.29, 0.717) is 22.8 Å². The van der Waals surface area contributed by atoms with Crippen molar-refractivity contribution in [3.05, 3.63) is 76.0 Å². The number of benzene rings is 1. The molecule has 0 unspecified atom stereocenters. The van der Waals surface area contributed by atoms with Gasteiger partial charge in [-0.1, -0.05) is 0 Å². The van der Waals surface area contributed by atoms with Crippen LogP contribution in [0.1, 0.15) is 16.9 Å². The van der Waals surface area contributed by atoms with Crippen molar-refractivity contribution < 1.29 is 27.5 Å². The standard InChI is InChI=1S/C25H16N2O7/c1-13-9-17(29)22-20(33-13)10-16(28)15(23(22)30-2)12-27-25-14(11-26)21(18-5-3-7-31-18)24(34-25)19-6-4-8-32-19/h3-10,12,28H,1-2H3/b27-12+. The van der Waals surface area contributed by atoms with Crippen LogP contribution in [-0.2, 0) is 0 Å². The lowest BCUT2D eigenvalue weighted by molar-refractivity contribution is 0.410. The third-order valence-electron chi connectivity index (χ3n) is 5.14. The molecular formula is C25H16N2O7. The van der Waals surface area contributed by atoms with Crippen LogP contribution in [0, 0.1) is 18.3 Å². The molecule has 168 valence electrons. The lowest BCUT2D eigenvalue weighted by Gasteiger charge is -2.10. The fraction of sp³-hybridized carbons (Fsp3) is 0.0800. The molecule has 0 spiro atoms. The topological polar surface area (TPSA) is 135 Å². The molecule has 0 radical (unpaired) electrons. The summed E-state index contributed by atoms with van der Waals surface area (Å²) in [7, 11) is 1.36. The van der Waals surface area contributed by atoms with Gasteiger partial charge in [0.1, 0.15) is 45.6 Å². The molecule has 0 amide bonds. The summed E-state index contributed by atoms with van der Waals surface area (Å²) < 4.78 is 27.8. The van der Waals surface area contributed by atoms with Gasteiger partial charge in [-0.2, -0.15) is 5.26 Å². The van der Waals surface area contributed by atoms with Gasteiger partial charge < -0.3 is 27.5 Å². The zero-order valence-electron chi connectivity index (χ0n) is 18.0. The Labute approximate surface area is 191 Å². The van der Waals surface area contributed by atoms with Gasteiger partial charge in [-0.25, -0.2) is 4.99 Å². The molecule has 0 saturated heterocycles. The molecule has 0 fully saturated rings. The van der Waals surface area contributed by atoms with Gasteiger partial charge >= 0.3 is 0 Å². The highest BCUT2D eigenvalue weighted by molar-refractivity contribution is 5.99. The number of aromatic hydroxyl groups is 1. The smallest absolute Gasteiger partial charge is 0.238 e. The second kappa shape index (κ2) is 8.18. The zero-order chi connectivity index (χ0) is 23.8. The highest BCUT2D eigenvalue weighted by Gasteiger charge is 2.26. The summed E-state index contributed by atoms with van der Waals surface area (Å²) in [6.45, 7) is 1.63. The molecule has 9 heteroatoms. The van der Waals surface area contributed by atoms with Gasteiger partial charge in [0.15, 0.2) is 16.9 Å². The summed E-state index contributed by atoms with van der Waals surface area (Å²) in [6, 6.07) is 11.5. The lowest BCUT2D eigenvalue weighted by Crippen LogP contribution is -2.05. The van der Waals surface area contributed by atoms with Crippen molar-refractivity contribution >= 4 is 23.1 Å². The van der Waals surface area contributed by atoms with E-state index in [1.54, 1.807) is 31.2 Å². The maximum absolute atomic E-state index is 12.6. The minimum Gasteiger partial charge on any atom is -0.507 e. The number of nitriles is 1. The van der Waals surface area contributed by atoms with Gasteiger partial charge in [-0.05, 0) is 31.2 Å². The third kappa shape index (κ3) is 3.34. The van der Waals surface area contributed by atoms with Crippen molar-refractivity contribution in [2.45, 2.75) is 6.92 Å². The Morgan fingerprint density at radius 1 is 1.12 bits per heavy atom. The third-order valence-corrected chi connectivity index (χ3v) is 5.14. The maximum atomic E-state index is 12.6. The molecule has 4 aromatic heterocycles. The van der Waals surface area contributed by atoms with Crippen molar-refractivity contribution in [3.8, 4) is 40.4 Å². The van der Waals surface area contributed by atoms with E-state index in [2.05, 4.69) is 11.1 Å². The monoisotopic (exact) mass is 456 g/mol. The lowest BCUT2D eigenvalue weighted by atomic mass is 10.1. The first-order chi connectivity index (χ1) is 16.5. The van der Waals surface area contributed by atoms with Crippen molar-refractivity contribution in [1.29, 1.82) is 5.26 Å². The van der Waals surface area contributed by atoms with E-state index in [1.807, 2.05) is 0 Å². The van der Waals surface area contributed by atoms with Gasteiger partial charge in [0.05, 0.1) is 30.8 Å². The number of nitrogens with zero attached hydrogens (tertiary/aromatic N) is 2. The molecule has 5 rings (SSSR count). The Morgan fingerprint density at radius 2 is 1.85 bits per heavy atom. The molecule has 9 nitrogen and oxygen atoms in total. The van der Waals surface area contributed by atoms with Crippen molar-refractivity contribution in [2.75, 3.05) is 7.11 Å². The Balaban J connectivity index is 1.71. The minimum absolute atomic E-state index is 0.0437. The zero-order valence-corrected chi connectivity index (χ0v) is 18.0. The second-order valence-corrected chi connectivity index (χ2v) is 7.25. The Kier molecular flexibility index (Phi) is 5.03. The predicted octanol–water partition coefficient (Wildman–Crippen LogP) is 5.55. The quantitative estimate of drug-likeness (QED) is 0.340. The SMILES string of the molecule is COc1c(/C=N/c2oc(-c3ccco3)c(-c3ccco3)c2C#N)c(O)cc2oc(C)cc(=O)c12. The van der Waals surface area contributed by atoms with Crippen LogP contribution >= 0.6 is 0 Å². The molecule has 0 bridgehead atoms. The molecule has 5 aromatic rings. The normalized spacial score (nSPS) is 11.3. The summed E-state index contributed by atoms with van der Waals surface area (Å²) in [5.41, 5.74) is 0.437. The molecule has 0 aliphatic carbocycles. The summed E-state index contributed by atoms with van der Waals surface area (Å²) in [6.07, 6.45) is 4.21. The molecule has 0 aliphatic heterocycles.